The highest BCUT2D eigenvalue weighted by Crippen LogP contribution is 2.46. The van der Waals surface area contributed by atoms with Gasteiger partial charge in [-0.05, 0) is 68.4 Å². The molecule has 0 spiro atoms. The van der Waals surface area contributed by atoms with Gasteiger partial charge in [0.15, 0.2) is 0 Å². The topological polar surface area (TPSA) is 195 Å². The fourth-order valence-corrected chi connectivity index (χ4v) is 9.00. The van der Waals surface area contributed by atoms with E-state index in [9.17, 15) is 27.6 Å². The lowest BCUT2D eigenvalue weighted by Gasteiger charge is -2.35. The molecule has 3 N–H and O–H groups in total. The number of carbonyl (C=O) groups is 4. The molecule has 7 atom stereocenters. The Morgan fingerprint density at radius 2 is 1.85 bits per heavy atom. The predicted octanol–water partition coefficient (Wildman–Crippen LogP) is 3.30. The largest absolute Gasteiger partial charge is 0.497 e. The quantitative estimate of drug-likeness (QED) is 0.350. The lowest BCUT2D eigenvalue weighted by Crippen LogP contribution is -2.60. The summed E-state index contributed by atoms with van der Waals surface area (Å²) >= 11 is 0. The van der Waals surface area contributed by atoms with E-state index in [1.807, 2.05) is 32.9 Å². The predicted molar refractivity (Wildman–Crippen MR) is 197 cm³/mol. The van der Waals surface area contributed by atoms with Crippen LogP contribution in [0.5, 0.6) is 11.6 Å². The van der Waals surface area contributed by atoms with Gasteiger partial charge in [0.05, 0.1) is 29.9 Å². The Morgan fingerprint density at radius 3 is 2.54 bits per heavy atom. The summed E-state index contributed by atoms with van der Waals surface area (Å²) in [4.78, 5) is 66.8. The van der Waals surface area contributed by atoms with Crippen molar-refractivity contribution in [2.75, 3.05) is 13.7 Å². The monoisotopic (exact) mass is 766 g/mol. The van der Waals surface area contributed by atoms with Gasteiger partial charge in [0.25, 0.3) is 5.91 Å². The molecule has 1 aromatic heterocycles. The number of sulfonamides is 1. The van der Waals surface area contributed by atoms with Crippen LogP contribution < -0.4 is 24.8 Å². The molecule has 0 radical (unpaired) electrons. The Labute approximate surface area is 315 Å². The van der Waals surface area contributed by atoms with Gasteiger partial charge in [-0.2, -0.15) is 0 Å². The minimum absolute atomic E-state index is 0.0245. The first-order valence-corrected chi connectivity index (χ1v) is 20.5. The fourth-order valence-electron chi connectivity index (χ4n) is 7.64. The van der Waals surface area contributed by atoms with Crippen LogP contribution in [-0.2, 0) is 35.6 Å². The second kappa shape index (κ2) is 14.3. The fraction of sp³-hybridized carbons (Fsp3) is 0.632. The molecule has 292 valence electrons. The van der Waals surface area contributed by atoms with Gasteiger partial charge in [-0.3, -0.25) is 19.1 Å². The van der Waals surface area contributed by atoms with Crippen molar-refractivity contribution in [2.24, 2.45) is 17.3 Å². The van der Waals surface area contributed by atoms with Gasteiger partial charge < -0.3 is 29.7 Å². The summed E-state index contributed by atoms with van der Waals surface area (Å²) in [7, 11) is -2.33. The molecule has 2 bridgehead atoms. The number of aryl methyl sites for hydroxylation is 1. The van der Waals surface area contributed by atoms with Crippen molar-refractivity contribution < 1.29 is 41.8 Å². The summed E-state index contributed by atoms with van der Waals surface area (Å²) in [5, 5.41) is 4.96. The van der Waals surface area contributed by atoms with Crippen LogP contribution in [0, 0.1) is 17.3 Å². The molecular weight excluding hydrogens is 717 g/mol. The molecule has 1 unspecified atom stereocenters. The third kappa shape index (κ3) is 7.85. The first-order chi connectivity index (χ1) is 25.6. The number of hydrogen-bond donors (Lipinski definition) is 3. The van der Waals surface area contributed by atoms with Crippen molar-refractivity contribution >= 4 is 44.9 Å². The molecule has 16 heteroatoms. The summed E-state index contributed by atoms with van der Waals surface area (Å²) < 4.78 is 45.3. The maximum Gasteiger partial charge on any atom is 0.408 e. The highest BCUT2D eigenvalue weighted by Gasteiger charge is 2.62. The number of nitrogens with zero attached hydrogens (tertiary/aromatic N) is 3. The second-order valence-electron chi connectivity index (χ2n) is 16.5. The van der Waals surface area contributed by atoms with Crippen LogP contribution >= 0.6 is 0 Å². The molecule has 3 saturated carbocycles. The van der Waals surface area contributed by atoms with Gasteiger partial charge in [-0.1, -0.05) is 39.7 Å². The van der Waals surface area contributed by atoms with Crippen molar-refractivity contribution in [3.8, 4) is 11.6 Å². The Morgan fingerprint density at radius 1 is 1.07 bits per heavy atom. The lowest BCUT2D eigenvalue weighted by atomic mass is 9.85. The molecular formula is C38H50N6O9S. The first-order valence-electron chi connectivity index (χ1n) is 18.9. The van der Waals surface area contributed by atoms with E-state index in [-0.39, 0.29) is 31.4 Å². The van der Waals surface area contributed by atoms with E-state index in [4.69, 9.17) is 24.2 Å². The summed E-state index contributed by atoms with van der Waals surface area (Å²) in [6, 6.07) is 3.20. The molecule has 3 aliphatic carbocycles. The van der Waals surface area contributed by atoms with Crippen molar-refractivity contribution in [1.82, 2.24) is 30.2 Å². The van der Waals surface area contributed by atoms with E-state index in [1.54, 1.807) is 13.2 Å². The zero-order valence-corrected chi connectivity index (χ0v) is 32.1. The standard InChI is InChI=1S/C38H50N6O9S/c1-6-22-19-38(22,35(47)43-54(49,50)25-13-14-25)42-32(45)29-18-24-20-44(29)34(46)31(37(2,3)4)41-36(48)53-30-16-21(30)10-8-7-9-11-27-33(52-24)40-28-17-23(51-5)12-15-26(28)39-27/h6,12,15,17,21-22,24-25,29-31H,1,7-11,13-14,16,18-20H2,2-5H3,(H,41,48)(H,42,45)(H,43,47)/t21-,22-,24-,29+,30-,31?,38-/m1/s1. The lowest BCUT2D eigenvalue weighted by molar-refractivity contribution is -0.142. The Hall–Kier alpha value is -4.47. The number of benzene rings is 1. The number of carbonyl (C=O) groups excluding carboxylic acids is 4. The zero-order valence-electron chi connectivity index (χ0n) is 31.3. The molecule has 4 fully saturated rings. The molecule has 3 heterocycles. The van der Waals surface area contributed by atoms with Crippen molar-refractivity contribution in [2.45, 2.75) is 120 Å². The summed E-state index contributed by atoms with van der Waals surface area (Å²) in [5.41, 5.74) is -0.451. The van der Waals surface area contributed by atoms with E-state index in [0.29, 0.717) is 47.6 Å². The van der Waals surface area contributed by atoms with E-state index in [1.165, 1.54) is 11.0 Å². The number of ether oxygens (including phenoxy) is 3. The van der Waals surface area contributed by atoms with Gasteiger partial charge in [0.2, 0.25) is 27.7 Å². The van der Waals surface area contributed by atoms with Crippen molar-refractivity contribution in [3.63, 3.8) is 0 Å². The number of aromatic nitrogens is 2. The number of rotatable bonds is 7. The number of hydrogen-bond acceptors (Lipinski definition) is 11. The zero-order chi connectivity index (χ0) is 38.6. The van der Waals surface area contributed by atoms with E-state index in [2.05, 4.69) is 21.9 Å². The Balaban J connectivity index is 1.22. The summed E-state index contributed by atoms with van der Waals surface area (Å²) in [6.07, 6.45) is 5.93. The van der Waals surface area contributed by atoms with Gasteiger partial charge in [0.1, 0.15) is 41.3 Å². The number of amides is 4. The molecule has 1 saturated heterocycles. The van der Waals surface area contributed by atoms with E-state index < -0.39 is 74.1 Å². The molecule has 1 aromatic carbocycles. The van der Waals surface area contributed by atoms with Gasteiger partial charge in [-0.25, -0.2) is 23.2 Å². The number of nitrogens with one attached hydrogen (secondary N) is 3. The van der Waals surface area contributed by atoms with Crippen LogP contribution in [0.3, 0.4) is 0 Å². The molecule has 2 aliphatic heterocycles. The maximum absolute atomic E-state index is 14.6. The van der Waals surface area contributed by atoms with E-state index >= 15 is 0 Å². The summed E-state index contributed by atoms with van der Waals surface area (Å²) in [6.45, 7) is 9.18. The van der Waals surface area contributed by atoms with Gasteiger partial charge >= 0.3 is 6.09 Å². The normalized spacial score (nSPS) is 30.3. The van der Waals surface area contributed by atoms with Crippen molar-refractivity contribution in [1.29, 1.82) is 0 Å². The molecule has 5 aliphatic rings. The maximum atomic E-state index is 14.6. The molecule has 54 heavy (non-hydrogen) atoms. The average Bonchev–Trinajstić information content (AvgIpc) is 4.04. The average molecular weight is 767 g/mol. The summed E-state index contributed by atoms with van der Waals surface area (Å²) in [5.74, 6) is -1.39. The first kappa shape index (κ1) is 37.8. The molecule has 15 nitrogen and oxygen atoms in total. The second-order valence-corrected chi connectivity index (χ2v) is 18.4. The number of fused-ring (bicyclic) bond motifs is 5. The van der Waals surface area contributed by atoms with Crippen LogP contribution in [0.1, 0.15) is 84.3 Å². The van der Waals surface area contributed by atoms with Gasteiger partial charge in [-0.15, -0.1) is 6.58 Å². The molecule has 2 aromatic rings. The van der Waals surface area contributed by atoms with Crippen LogP contribution in [0.4, 0.5) is 4.79 Å². The SMILES string of the molecule is C=C[C@@H]1C[C@]1(NC(=O)[C@@H]1C[C@@H]2CN1C(=O)C(C(C)(C)C)NC(=O)O[C@@H]1C[C@H]1CCCCCc1nc3ccc(OC)cc3nc1O2)C(=O)NS(=O)(=O)C1CC1. The van der Waals surface area contributed by atoms with E-state index in [0.717, 1.165) is 32.1 Å². The number of alkyl carbamates (subject to hydrolysis) is 1. The molecule has 7 rings (SSSR count). The third-order valence-corrected chi connectivity index (χ3v) is 13.1. The smallest absolute Gasteiger partial charge is 0.408 e. The number of methoxy groups -OCH3 is 1. The van der Waals surface area contributed by atoms with Crippen LogP contribution in [0.2, 0.25) is 0 Å². The van der Waals surface area contributed by atoms with Gasteiger partial charge in [0, 0.05) is 18.4 Å². The highest BCUT2D eigenvalue weighted by molar-refractivity contribution is 7.91. The molecule has 4 amide bonds. The van der Waals surface area contributed by atoms with Crippen molar-refractivity contribution in [3.05, 3.63) is 36.5 Å². The van der Waals surface area contributed by atoms with Crippen LogP contribution in [0.25, 0.3) is 11.0 Å². The minimum atomic E-state index is -3.90. The highest BCUT2D eigenvalue weighted by atomic mass is 32.2. The van der Waals surface area contributed by atoms with Crippen LogP contribution in [-0.4, -0.2) is 95.8 Å². The minimum Gasteiger partial charge on any atom is -0.497 e. The Kier molecular flexibility index (Phi) is 10.0. The van der Waals surface area contributed by atoms with Crippen LogP contribution in [0.15, 0.2) is 30.9 Å². The Bertz CT molecular complexity index is 1960. The third-order valence-electron chi connectivity index (χ3n) is 11.3.